The Labute approximate surface area is 158 Å². The number of aromatic nitrogens is 1. The van der Waals surface area contributed by atoms with Crippen molar-refractivity contribution in [1.82, 2.24) is 9.88 Å². The molecular weight excluding hydrogens is 341 g/mol. The molecule has 0 atom stereocenters. The maximum atomic E-state index is 13.0. The second kappa shape index (κ2) is 7.53. The van der Waals surface area contributed by atoms with Gasteiger partial charge in [-0.3, -0.25) is 4.79 Å². The molecule has 27 heavy (non-hydrogen) atoms. The number of anilines is 1. The van der Waals surface area contributed by atoms with Crippen LogP contribution >= 0.6 is 0 Å². The lowest BCUT2D eigenvalue weighted by atomic mass is 9.90. The van der Waals surface area contributed by atoms with Gasteiger partial charge in [0.1, 0.15) is 5.82 Å². The van der Waals surface area contributed by atoms with Gasteiger partial charge in [-0.1, -0.05) is 0 Å². The third-order valence-electron chi connectivity index (χ3n) is 5.48. The first kappa shape index (κ1) is 17.7. The number of benzene rings is 2. The summed E-state index contributed by atoms with van der Waals surface area (Å²) < 4.78 is 13.0. The lowest BCUT2D eigenvalue weighted by Gasteiger charge is -2.28. The number of likely N-dealkylation sites (tertiary alicyclic amines) is 1. The molecule has 140 valence electrons. The van der Waals surface area contributed by atoms with Gasteiger partial charge < -0.3 is 15.2 Å². The summed E-state index contributed by atoms with van der Waals surface area (Å²) in [5, 5.41) is 4.07. The zero-order valence-corrected chi connectivity index (χ0v) is 15.5. The predicted molar refractivity (Wildman–Crippen MR) is 107 cm³/mol. The van der Waals surface area contributed by atoms with Crippen molar-refractivity contribution in [3.63, 3.8) is 0 Å². The number of rotatable bonds is 4. The van der Waals surface area contributed by atoms with E-state index in [0.717, 1.165) is 36.1 Å². The van der Waals surface area contributed by atoms with Crippen molar-refractivity contribution in [1.29, 1.82) is 0 Å². The van der Waals surface area contributed by atoms with Gasteiger partial charge >= 0.3 is 0 Å². The smallest absolute Gasteiger partial charge is 0.255 e. The highest BCUT2D eigenvalue weighted by Crippen LogP contribution is 2.28. The fourth-order valence-electron chi connectivity index (χ4n) is 3.81. The van der Waals surface area contributed by atoms with E-state index < -0.39 is 0 Å². The summed E-state index contributed by atoms with van der Waals surface area (Å²) in [5.74, 6) is 0.123. The van der Waals surface area contributed by atoms with E-state index in [4.69, 9.17) is 0 Å². The number of halogens is 1. The third kappa shape index (κ3) is 4.03. The van der Waals surface area contributed by atoms with Gasteiger partial charge in [-0.05, 0) is 93.3 Å². The van der Waals surface area contributed by atoms with Gasteiger partial charge in [-0.2, -0.15) is 0 Å². The van der Waals surface area contributed by atoms with Crippen LogP contribution in [-0.2, 0) is 6.42 Å². The number of fused-ring (bicyclic) bond motifs is 1. The first-order valence-electron chi connectivity index (χ1n) is 9.44. The van der Waals surface area contributed by atoms with E-state index >= 15 is 0 Å². The van der Waals surface area contributed by atoms with E-state index in [2.05, 4.69) is 28.4 Å². The molecule has 2 heterocycles. The maximum Gasteiger partial charge on any atom is 0.255 e. The van der Waals surface area contributed by atoms with Gasteiger partial charge in [0.05, 0.1) is 0 Å². The second-order valence-electron chi connectivity index (χ2n) is 7.49. The van der Waals surface area contributed by atoms with Crippen LogP contribution in [0.5, 0.6) is 0 Å². The topological polar surface area (TPSA) is 48.1 Å². The Morgan fingerprint density at radius 2 is 1.93 bits per heavy atom. The van der Waals surface area contributed by atoms with E-state index in [0.29, 0.717) is 11.5 Å². The van der Waals surface area contributed by atoms with Crippen LogP contribution in [0.4, 0.5) is 10.1 Å². The number of nitrogens with zero attached hydrogens (tertiary/aromatic N) is 1. The molecule has 1 amide bonds. The summed E-state index contributed by atoms with van der Waals surface area (Å²) >= 11 is 0. The predicted octanol–water partition coefficient (Wildman–Crippen LogP) is 4.44. The Kier molecular flexibility index (Phi) is 4.94. The average molecular weight is 365 g/mol. The average Bonchev–Trinajstić information content (AvgIpc) is 3.06. The molecule has 0 saturated carbocycles. The van der Waals surface area contributed by atoms with Crippen molar-refractivity contribution < 1.29 is 9.18 Å². The van der Waals surface area contributed by atoms with E-state index in [-0.39, 0.29) is 11.7 Å². The van der Waals surface area contributed by atoms with Crippen molar-refractivity contribution >= 4 is 22.5 Å². The van der Waals surface area contributed by atoms with Crippen molar-refractivity contribution in [3.05, 3.63) is 65.6 Å². The van der Waals surface area contributed by atoms with Gasteiger partial charge in [0.2, 0.25) is 0 Å². The number of hydrogen-bond donors (Lipinski definition) is 2. The Bertz CT molecular complexity index is 940. The fraction of sp³-hybridized carbons (Fsp3) is 0.318. The van der Waals surface area contributed by atoms with Crippen LogP contribution in [0.15, 0.2) is 48.7 Å². The molecule has 1 aliphatic rings. The Morgan fingerprint density at radius 1 is 1.19 bits per heavy atom. The molecule has 0 spiro atoms. The Morgan fingerprint density at radius 3 is 2.67 bits per heavy atom. The van der Waals surface area contributed by atoms with Crippen LogP contribution in [0.25, 0.3) is 10.9 Å². The molecule has 5 heteroatoms. The normalized spacial score (nSPS) is 15.9. The number of carbonyl (C=O) groups is 1. The SMILES string of the molecule is CN1CCC(Cc2c[nH]c3ccc(NC(=O)c4ccc(F)cc4)cc23)CC1. The summed E-state index contributed by atoms with van der Waals surface area (Å²) in [5.41, 5.74) is 3.58. The van der Waals surface area contributed by atoms with Gasteiger partial charge in [-0.25, -0.2) is 4.39 Å². The largest absolute Gasteiger partial charge is 0.361 e. The number of nitrogens with one attached hydrogen (secondary N) is 2. The zero-order valence-electron chi connectivity index (χ0n) is 15.5. The molecule has 1 aliphatic heterocycles. The molecule has 2 aromatic carbocycles. The lowest BCUT2D eigenvalue weighted by molar-refractivity contribution is 0.102. The molecule has 2 N–H and O–H groups in total. The van der Waals surface area contributed by atoms with Crippen molar-refractivity contribution in [2.45, 2.75) is 19.3 Å². The highest BCUT2D eigenvalue weighted by molar-refractivity contribution is 6.05. The number of carbonyl (C=O) groups excluding carboxylic acids is 1. The minimum absolute atomic E-state index is 0.234. The van der Waals surface area contributed by atoms with Crippen LogP contribution in [0.3, 0.4) is 0 Å². The van der Waals surface area contributed by atoms with Crippen molar-refractivity contribution in [2.24, 2.45) is 5.92 Å². The molecule has 1 fully saturated rings. The number of amides is 1. The van der Waals surface area contributed by atoms with E-state index in [1.54, 1.807) is 0 Å². The minimum atomic E-state index is -0.348. The second-order valence-corrected chi connectivity index (χ2v) is 7.49. The highest BCUT2D eigenvalue weighted by atomic mass is 19.1. The van der Waals surface area contributed by atoms with Crippen molar-refractivity contribution in [3.8, 4) is 0 Å². The van der Waals surface area contributed by atoms with Crippen LogP contribution < -0.4 is 5.32 Å². The Hall–Kier alpha value is -2.66. The molecule has 0 radical (unpaired) electrons. The van der Waals surface area contributed by atoms with Crippen LogP contribution in [0.1, 0.15) is 28.8 Å². The number of H-pyrrole nitrogens is 1. The summed E-state index contributed by atoms with van der Waals surface area (Å²) in [4.78, 5) is 18.1. The fourth-order valence-corrected chi connectivity index (χ4v) is 3.81. The first-order chi connectivity index (χ1) is 13.1. The van der Waals surface area contributed by atoms with Gasteiger partial charge in [0.15, 0.2) is 0 Å². The quantitative estimate of drug-likeness (QED) is 0.718. The minimum Gasteiger partial charge on any atom is -0.361 e. The molecule has 1 aromatic heterocycles. The van der Waals surface area contributed by atoms with E-state index in [1.165, 1.54) is 42.7 Å². The van der Waals surface area contributed by atoms with Gasteiger partial charge in [0, 0.05) is 28.4 Å². The molecule has 1 saturated heterocycles. The van der Waals surface area contributed by atoms with Crippen LogP contribution in [0, 0.1) is 11.7 Å². The first-order valence-corrected chi connectivity index (χ1v) is 9.44. The molecular formula is C22H24FN3O. The molecule has 3 aromatic rings. The number of piperidine rings is 1. The Balaban J connectivity index is 1.51. The highest BCUT2D eigenvalue weighted by Gasteiger charge is 2.18. The summed E-state index contributed by atoms with van der Waals surface area (Å²) in [7, 11) is 2.18. The maximum absolute atomic E-state index is 13.0. The van der Waals surface area contributed by atoms with Gasteiger partial charge in [-0.15, -0.1) is 0 Å². The van der Waals surface area contributed by atoms with E-state index in [9.17, 15) is 9.18 Å². The molecule has 0 aliphatic carbocycles. The monoisotopic (exact) mass is 365 g/mol. The molecule has 0 bridgehead atoms. The molecule has 4 rings (SSSR count). The zero-order chi connectivity index (χ0) is 18.8. The number of hydrogen-bond acceptors (Lipinski definition) is 2. The number of aromatic amines is 1. The summed E-state index contributed by atoms with van der Waals surface area (Å²) in [6.45, 7) is 2.32. The lowest BCUT2D eigenvalue weighted by Crippen LogP contribution is -2.30. The van der Waals surface area contributed by atoms with Crippen molar-refractivity contribution in [2.75, 3.05) is 25.5 Å². The van der Waals surface area contributed by atoms with Crippen LogP contribution in [-0.4, -0.2) is 35.9 Å². The summed E-state index contributed by atoms with van der Waals surface area (Å²) in [6, 6.07) is 11.5. The van der Waals surface area contributed by atoms with Crippen LogP contribution in [0.2, 0.25) is 0 Å². The standard InChI is InChI=1S/C22H24FN3O/c1-26-10-8-15(9-11-26)12-17-14-24-21-7-6-19(13-20(17)21)25-22(27)16-2-4-18(23)5-3-16/h2-7,13-15,24H,8-12H2,1H3,(H,25,27). The van der Waals surface area contributed by atoms with E-state index in [1.807, 2.05) is 18.2 Å². The summed E-state index contributed by atoms with van der Waals surface area (Å²) in [6.07, 6.45) is 5.60. The molecule has 0 unspecified atom stereocenters. The molecule has 4 nitrogen and oxygen atoms in total. The van der Waals surface area contributed by atoms with Gasteiger partial charge in [0.25, 0.3) is 5.91 Å². The third-order valence-corrected chi connectivity index (χ3v) is 5.48.